The van der Waals surface area contributed by atoms with Gasteiger partial charge in [0.25, 0.3) is 0 Å². The Kier molecular flexibility index (Phi) is 1.94. The first-order valence-corrected chi connectivity index (χ1v) is 4.19. The summed E-state index contributed by atoms with van der Waals surface area (Å²) in [5.41, 5.74) is 8.09. The maximum absolute atomic E-state index is 5.87. The van der Waals surface area contributed by atoms with Crippen LogP contribution in [0.2, 0.25) is 5.02 Å². The number of hydrogen-bond acceptors (Lipinski definition) is 2. The number of rotatable bonds is 1. The Bertz CT molecular complexity index is 409. The van der Waals surface area contributed by atoms with Gasteiger partial charge in [-0.15, -0.1) is 0 Å². The Labute approximate surface area is 80.6 Å². The number of hydrogen-bond donors (Lipinski definition) is 2. The lowest BCUT2D eigenvalue weighted by atomic mass is 10.1. The average molecular weight is 194 g/mol. The van der Waals surface area contributed by atoms with Crippen LogP contribution >= 0.6 is 11.6 Å². The molecule has 0 radical (unpaired) electrons. The van der Waals surface area contributed by atoms with E-state index in [2.05, 4.69) is 9.97 Å². The summed E-state index contributed by atoms with van der Waals surface area (Å²) in [6.07, 6.45) is 3.36. The first-order chi connectivity index (χ1) is 6.27. The third-order valence-electron chi connectivity index (χ3n) is 1.81. The van der Waals surface area contributed by atoms with Gasteiger partial charge >= 0.3 is 0 Å². The third-order valence-corrected chi connectivity index (χ3v) is 2.14. The summed E-state index contributed by atoms with van der Waals surface area (Å²) in [4.78, 5) is 6.91. The van der Waals surface area contributed by atoms with Crippen molar-refractivity contribution in [2.24, 2.45) is 0 Å². The maximum Gasteiger partial charge on any atom is 0.0924 e. The highest BCUT2D eigenvalue weighted by Crippen LogP contribution is 2.25. The molecular weight excluding hydrogens is 186 g/mol. The lowest BCUT2D eigenvalue weighted by Gasteiger charge is -2.00. The molecule has 0 spiro atoms. The summed E-state index contributed by atoms with van der Waals surface area (Å²) in [5.74, 6) is 0. The third kappa shape index (κ3) is 1.51. The minimum atomic E-state index is 0.562. The van der Waals surface area contributed by atoms with E-state index in [-0.39, 0.29) is 0 Å². The van der Waals surface area contributed by atoms with Crippen molar-refractivity contribution in [3.05, 3.63) is 35.7 Å². The summed E-state index contributed by atoms with van der Waals surface area (Å²) in [6.45, 7) is 0. The molecular formula is C9H8ClN3. The first kappa shape index (κ1) is 8.13. The van der Waals surface area contributed by atoms with Crippen molar-refractivity contribution in [2.75, 3.05) is 5.73 Å². The molecule has 0 bridgehead atoms. The molecule has 0 saturated heterocycles. The topological polar surface area (TPSA) is 54.7 Å². The van der Waals surface area contributed by atoms with Crippen molar-refractivity contribution in [3.8, 4) is 11.3 Å². The molecule has 0 aliphatic carbocycles. The standard InChI is InChI=1S/C9H8ClN3/c10-7-3-6(1-2-8(7)11)9-4-12-5-13-9/h1-5H,11H2,(H,12,13). The van der Waals surface area contributed by atoms with E-state index in [4.69, 9.17) is 17.3 Å². The van der Waals surface area contributed by atoms with Crippen LogP contribution in [0.25, 0.3) is 11.3 Å². The molecule has 0 saturated carbocycles. The molecule has 0 unspecified atom stereocenters. The number of nitrogens with one attached hydrogen (secondary N) is 1. The highest BCUT2D eigenvalue weighted by Gasteiger charge is 2.01. The zero-order valence-corrected chi connectivity index (χ0v) is 7.55. The van der Waals surface area contributed by atoms with Gasteiger partial charge in [-0.1, -0.05) is 17.7 Å². The molecule has 1 heterocycles. The summed E-state index contributed by atoms with van der Waals surface area (Å²) in [5, 5.41) is 0.562. The molecule has 0 aliphatic heterocycles. The van der Waals surface area contributed by atoms with E-state index in [0.717, 1.165) is 11.3 Å². The van der Waals surface area contributed by atoms with Gasteiger partial charge in [0.2, 0.25) is 0 Å². The van der Waals surface area contributed by atoms with E-state index in [0.29, 0.717) is 10.7 Å². The lowest BCUT2D eigenvalue weighted by Crippen LogP contribution is -1.86. The normalized spacial score (nSPS) is 10.2. The van der Waals surface area contributed by atoms with Crippen LogP contribution in [0.1, 0.15) is 0 Å². The van der Waals surface area contributed by atoms with E-state index < -0.39 is 0 Å². The van der Waals surface area contributed by atoms with Crippen LogP contribution in [0.3, 0.4) is 0 Å². The summed E-state index contributed by atoms with van der Waals surface area (Å²) in [6, 6.07) is 5.48. The summed E-state index contributed by atoms with van der Waals surface area (Å²) < 4.78 is 0. The van der Waals surface area contributed by atoms with Crippen molar-refractivity contribution in [3.63, 3.8) is 0 Å². The highest BCUT2D eigenvalue weighted by atomic mass is 35.5. The van der Waals surface area contributed by atoms with Crippen molar-refractivity contribution >= 4 is 17.3 Å². The predicted octanol–water partition coefficient (Wildman–Crippen LogP) is 2.31. The zero-order valence-electron chi connectivity index (χ0n) is 6.79. The van der Waals surface area contributed by atoms with E-state index in [1.807, 2.05) is 12.1 Å². The second-order valence-corrected chi connectivity index (χ2v) is 3.11. The molecule has 66 valence electrons. The van der Waals surface area contributed by atoms with Gasteiger partial charge < -0.3 is 10.7 Å². The van der Waals surface area contributed by atoms with Crippen LogP contribution in [0.5, 0.6) is 0 Å². The number of aromatic amines is 1. The van der Waals surface area contributed by atoms with Gasteiger partial charge in [0.05, 0.1) is 28.9 Å². The molecule has 0 amide bonds. The van der Waals surface area contributed by atoms with Crippen LogP contribution in [0.4, 0.5) is 5.69 Å². The second kappa shape index (κ2) is 3.11. The number of anilines is 1. The van der Waals surface area contributed by atoms with Crippen LogP contribution in [-0.2, 0) is 0 Å². The summed E-state index contributed by atoms with van der Waals surface area (Å²) in [7, 11) is 0. The van der Waals surface area contributed by atoms with E-state index >= 15 is 0 Å². The van der Waals surface area contributed by atoms with Gasteiger partial charge in [0.1, 0.15) is 0 Å². The SMILES string of the molecule is Nc1ccc(-c2cnc[nH]2)cc1Cl. The first-order valence-electron chi connectivity index (χ1n) is 3.81. The lowest BCUT2D eigenvalue weighted by molar-refractivity contribution is 1.31. The quantitative estimate of drug-likeness (QED) is 0.683. The number of nitrogen functional groups attached to an aromatic ring is 1. The fraction of sp³-hybridized carbons (Fsp3) is 0. The average Bonchev–Trinajstić information content (AvgIpc) is 2.62. The molecule has 2 rings (SSSR count). The molecule has 0 atom stereocenters. The Morgan fingerprint density at radius 2 is 2.23 bits per heavy atom. The largest absolute Gasteiger partial charge is 0.398 e. The number of halogens is 1. The van der Waals surface area contributed by atoms with Gasteiger partial charge in [0.15, 0.2) is 0 Å². The fourth-order valence-corrected chi connectivity index (χ4v) is 1.29. The Hall–Kier alpha value is -1.48. The van der Waals surface area contributed by atoms with Crippen molar-refractivity contribution in [2.45, 2.75) is 0 Å². The van der Waals surface area contributed by atoms with Gasteiger partial charge in [0, 0.05) is 5.56 Å². The van der Waals surface area contributed by atoms with E-state index in [9.17, 15) is 0 Å². The van der Waals surface area contributed by atoms with Crippen molar-refractivity contribution in [1.29, 1.82) is 0 Å². The number of H-pyrrole nitrogens is 1. The van der Waals surface area contributed by atoms with Crippen LogP contribution < -0.4 is 5.73 Å². The summed E-state index contributed by atoms with van der Waals surface area (Å²) >= 11 is 5.87. The van der Waals surface area contributed by atoms with Crippen molar-refractivity contribution < 1.29 is 0 Å². The molecule has 3 N–H and O–H groups in total. The number of imidazole rings is 1. The number of nitrogens with zero attached hydrogens (tertiary/aromatic N) is 1. The van der Waals surface area contributed by atoms with Gasteiger partial charge in [-0.2, -0.15) is 0 Å². The minimum absolute atomic E-state index is 0.562. The molecule has 3 nitrogen and oxygen atoms in total. The predicted molar refractivity (Wildman–Crippen MR) is 53.4 cm³/mol. The number of benzene rings is 1. The van der Waals surface area contributed by atoms with E-state index in [1.54, 1.807) is 18.6 Å². The fourth-order valence-electron chi connectivity index (χ4n) is 1.11. The van der Waals surface area contributed by atoms with Gasteiger partial charge in [-0.05, 0) is 12.1 Å². The van der Waals surface area contributed by atoms with Crippen molar-refractivity contribution in [1.82, 2.24) is 9.97 Å². The molecule has 13 heavy (non-hydrogen) atoms. The number of aromatic nitrogens is 2. The molecule has 1 aromatic carbocycles. The Morgan fingerprint density at radius 3 is 2.85 bits per heavy atom. The Balaban J connectivity index is 2.49. The second-order valence-electron chi connectivity index (χ2n) is 2.70. The van der Waals surface area contributed by atoms with E-state index in [1.165, 1.54) is 0 Å². The zero-order chi connectivity index (χ0) is 9.26. The molecule has 0 aliphatic rings. The smallest absolute Gasteiger partial charge is 0.0924 e. The van der Waals surface area contributed by atoms with Crippen LogP contribution in [-0.4, -0.2) is 9.97 Å². The minimum Gasteiger partial charge on any atom is -0.398 e. The van der Waals surface area contributed by atoms with Crippen LogP contribution in [0, 0.1) is 0 Å². The highest BCUT2D eigenvalue weighted by molar-refractivity contribution is 6.33. The number of nitrogens with two attached hydrogens (primary N) is 1. The monoisotopic (exact) mass is 193 g/mol. The maximum atomic E-state index is 5.87. The Morgan fingerprint density at radius 1 is 1.38 bits per heavy atom. The molecule has 0 fully saturated rings. The van der Waals surface area contributed by atoms with Crippen LogP contribution in [0.15, 0.2) is 30.7 Å². The molecule has 2 aromatic rings. The van der Waals surface area contributed by atoms with Gasteiger partial charge in [-0.25, -0.2) is 4.98 Å². The van der Waals surface area contributed by atoms with Gasteiger partial charge in [-0.3, -0.25) is 0 Å². The molecule has 1 aromatic heterocycles. The molecule has 4 heteroatoms.